The average Bonchev–Trinajstić information content (AvgIpc) is 2.96. The van der Waals surface area contributed by atoms with Gasteiger partial charge >= 0.3 is 0 Å². The molecule has 7 heteroatoms. The summed E-state index contributed by atoms with van der Waals surface area (Å²) >= 11 is 6.19. The van der Waals surface area contributed by atoms with E-state index < -0.39 is 0 Å². The number of fused-ring (bicyclic) bond motifs is 1. The van der Waals surface area contributed by atoms with E-state index in [1.54, 1.807) is 6.07 Å². The maximum absolute atomic E-state index is 12.8. The molecule has 1 N–H and O–H groups in total. The van der Waals surface area contributed by atoms with Gasteiger partial charge in [0, 0.05) is 42.8 Å². The van der Waals surface area contributed by atoms with Crippen LogP contribution in [-0.4, -0.2) is 49.4 Å². The summed E-state index contributed by atoms with van der Waals surface area (Å²) in [5, 5.41) is 3.67. The molecule has 6 nitrogen and oxygen atoms in total. The number of rotatable bonds is 4. The van der Waals surface area contributed by atoms with Crippen LogP contribution in [0.3, 0.4) is 0 Å². The first kappa shape index (κ1) is 19.6. The number of ether oxygens (including phenoxy) is 1. The normalized spacial score (nSPS) is 17.9. The molecule has 0 unspecified atom stereocenters. The molecule has 0 radical (unpaired) electrons. The lowest BCUT2D eigenvalue weighted by Gasteiger charge is -2.38. The van der Waals surface area contributed by atoms with E-state index in [0.29, 0.717) is 35.9 Å². The van der Waals surface area contributed by atoms with Crippen LogP contribution in [-0.2, 0) is 10.2 Å². The molecule has 2 heterocycles. The van der Waals surface area contributed by atoms with E-state index in [0.717, 1.165) is 23.3 Å². The van der Waals surface area contributed by atoms with Crippen molar-refractivity contribution in [3.05, 3.63) is 69.7 Å². The van der Waals surface area contributed by atoms with Gasteiger partial charge in [0.25, 0.3) is 17.7 Å². The highest BCUT2D eigenvalue weighted by Crippen LogP contribution is 2.35. The molecule has 150 valence electrons. The Hall–Kier alpha value is -2.70. The zero-order valence-electron chi connectivity index (χ0n) is 16.0. The zero-order valence-corrected chi connectivity index (χ0v) is 16.8. The number of imide groups is 1. The molecule has 0 aliphatic carbocycles. The number of nitrogens with zero attached hydrogens (tertiary/aromatic N) is 1. The van der Waals surface area contributed by atoms with Gasteiger partial charge in [0.05, 0.1) is 11.1 Å². The van der Waals surface area contributed by atoms with E-state index in [-0.39, 0.29) is 28.7 Å². The Balaban J connectivity index is 1.55. The SMILES string of the molecule is CN1C(=O)c2ccc(C(=O)NCC3(c4cccc(Cl)c4)CCOCC3)cc2C1=O. The highest BCUT2D eigenvalue weighted by Gasteiger charge is 2.36. The van der Waals surface area contributed by atoms with Crippen LogP contribution in [0.1, 0.15) is 49.5 Å². The monoisotopic (exact) mass is 412 g/mol. The molecule has 0 aromatic heterocycles. The minimum absolute atomic E-state index is 0.262. The van der Waals surface area contributed by atoms with Gasteiger partial charge in [-0.25, -0.2) is 0 Å². The Morgan fingerprint density at radius 3 is 2.55 bits per heavy atom. The van der Waals surface area contributed by atoms with Crippen LogP contribution in [0.2, 0.25) is 5.02 Å². The number of hydrogen-bond acceptors (Lipinski definition) is 4. The molecule has 1 saturated heterocycles. The first-order valence-electron chi connectivity index (χ1n) is 9.50. The third-order valence-corrected chi connectivity index (χ3v) is 6.06. The number of amides is 3. The number of halogens is 1. The molecule has 4 rings (SSSR count). The van der Waals surface area contributed by atoms with Crippen molar-refractivity contribution < 1.29 is 19.1 Å². The van der Waals surface area contributed by atoms with Gasteiger partial charge in [-0.1, -0.05) is 23.7 Å². The Labute approximate surface area is 173 Å². The lowest BCUT2D eigenvalue weighted by molar-refractivity contribution is 0.0487. The highest BCUT2D eigenvalue weighted by atomic mass is 35.5. The van der Waals surface area contributed by atoms with Gasteiger partial charge in [0.1, 0.15) is 0 Å². The van der Waals surface area contributed by atoms with Crippen molar-refractivity contribution in [1.29, 1.82) is 0 Å². The molecule has 0 bridgehead atoms. The molecule has 3 amide bonds. The first-order valence-corrected chi connectivity index (χ1v) is 9.87. The molecule has 2 aliphatic rings. The fraction of sp³-hybridized carbons (Fsp3) is 0.318. The average molecular weight is 413 g/mol. The summed E-state index contributed by atoms with van der Waals surface area (Å²) in [6.07, 6.45) is 1.55. The number of carbonyl (C=O) groups excluding carboxylic acids is 3. The third kappa shape index (κ3) is 3.54. The summed E-state index contributed by atoms with van der Waals surface area (Å²) in [6, 6.07) is 12.3. The molecule has 29 heavy (non-hydrogen) atoms. The molecule has 0 spiro atoms. The summed E-state index contributed by atoms with van der Waals surface area (Å²) in [5.41, 5.74) is 1.76. The number of nitrogens with one attached hydrogen (secondary N) is 1. The Morgan fingerprint density at radius 1 is 1.10 bits per heavy atom. The molecule has 0 saturated carbocycles. The quantitative estimate of drug-likeness (QED) is 0.783. The number of benzene rings is 2. The standard InChI is InChI=1S/C22H21ClN2O4/c1-25-20(27)17-6-5-14(11-18(17)21(25)28)19(26)24-13-22(7-9-29-10-8-22)15-3-2-4-16(23)12-15/h2-6,11-12H,7-10,13H2,1H3,(H,24,26). The van der Waals surface area contributed by atoms with Crippen molar-refractivity contribution in [2.24, 2.45) is 0 Å². The van der Waals surface area contributed by atoms with Crippen LogP contribution < -0.4 is 5.32 Å². The lowest BCUT2D eigenvalue weighted by Crippen LogP contribution is -2.44. The van der Waals surface area contributed by atoms with E-state index in [9.17, 15) is 14.4 Å². The highest BCUT2D eigenvalue weighted by molar-refractivity contribution is 6.30. The number of hydrogen-bond donors (Lipinski definition) is 1. The summed E-state index contributed by atoms with van der Waals surface area (Å²) < 4.78 is 5.53. The van der Waals surface area contributed by atoms with E-state index in [1.165, 1.54) is 19.2 Å². The van der Waals surface area contributed by atoms with Crippen molar-refractivity contribution in [2.75, 3.05) is 26.8 Å². The molecule has 2 aliphatic heterocycles. The molecular weight excluding hydrogens is 392 g/mol. The van der Waals surface area contributed by atoms with Gasteiger partial charge in [-0.15, -0.1) is 0 Å². The molecule has 0 atom stereocenters. The van der Waals surface area contributed by atoms with E-state index >= 15 is 0 Å². The fourth-order valence-electron chi connectivity index (χ4n) is 4.00. The topological polar surface area (TPSA) is 75.7 Å². The van der Waals surface area contributed by atoms with Gasteiger partial charge < -0.3 is 10.1 Å². The molecular formula is C22H21ClN2O4. The third-order valence-electron chi connectivity index (χ3n) is 5.83. The van der Waals surface area contributed by atoms with Crippen LogP contribution in [0.25, 0.3) is 0 Å². The van der Waals surface area contributed by atoms with Crippen LogP contribution >= 0.6 is 11.6 Å². The number of carbonyl (C=O) groups is 3. The first-order chi connectivity index (χ1) is 13.9. The summed E-state index contributed by atoms with van der Waals surface area (Å²) in [6.45, 7) is 1.66. The second-order valence-corrected chi connectivity index (χ2v) is 7.95. The minimum atomic E-state index is -0.389. The van der Waals surface area contributed by atoms with Crippen molar-refractivity contribution in [3.63, 3.8) is 0 Å². The smallest absolute Gasteiger partial charge is 0.261 e. The van der Waals surface area contributed by atoms with Gasteiger partial charge in [-0.2, -0.15) is 0 Å². The molecule has 1 fully saturated rings. The van der Waals surface area contributed by atoms with Crippen LogP contribution in [0.4, 0.5) is 0 Å². The van der Waals surface area contributed by atoms with Crippen molar-refractivity contribution in [3.8, 4) is 0 Å². The van der Waals surface area contributed by atoms with E-state index in [4.69, 9.17) is 16.3 Å². The second-order valence-electron chi connectivity index (χ2n) is 7.52. The maximum Gasteiger partial charge on any atom is 0.261 e. The van der Waals surface area contributed by atoms with Crippen LogP contribution in [0.5, 0.6) is 0 Å². The van der Waals surface area contributed by atoms with Gasteiger partial charge in [0.2, 0.25) is 0 Å². The van der Waals surface area contributed by atoms with Gasteiger partial charge in [-0.05, 0) is 48.7 Å². The zero-order chi connectivity index (χ0) is 20.6. The maximum atomic E-state index is 12.8. The van der Waals surface area contributed by atoms with Crippen LogP contribution in [0.15, 0.2) is 42.5 Å². The van der Waals surface area contributed by atoms with Gasteiger partial charge in [0.15, 0.2) is 0 Å². The minimum Gasteiger partial charge on any atom is -0.381 e. The van der Waals surface area contributed by atoms with Crippen molar-refractivity contribution in [1.82, 2.24) is 10.2 Å². The largest absolute Gasteiger partial charge is 0.381 e. The summed E-state index contributed by atoms with van der Waals surface area (Å²) in [4.78, 5) is 38.1. The Kier molecular flexibility index (Phi) is 5.15. The fourth-order valence-corrected chi connectivity index (χ4v) is 4.19. The summed E-state index contributed by atoms with van der Waals surface area (Å²) in [7, 11) is 1.43. The predicted octanol–water partition coefficient (Wildman–Crippen LogP) is 3.04. The summed E-state index contributed by atoms with van der Waals surface area (Å²) in [5.74, 6) is -1.02. The van der Waals surface area contributed by atoms with E-state index in [2.05, 4.69) is 5.32 Å². The molecule has 2 aromatic rings. The van der Waals surface area contributed by atoms with Crippen molar-refractivity contribution >= 4 is 29.3 Å². The van der Waals surface area contributed by atoms with Gasteiger partial charge in [-0.3, -0.25) is 19.3 Å². The Bertz CT molecular complexity index is 998. The molecule has 2 aromatic carbocycles. The second kappa shape index (κ2) is 7.61. The lowest BCUT2D eigenvalue weighted by atomic mass is 9.74. The van der Waals surface area contributed by atoms with Crippen molar-refractivity contribution in [2.45, 2.75) is 18.3 Å². The predicted molar refractivity (Wildman–Crippen MR) is 108 cm³/mol. The van der Waals surface area contributed by atoms with Crippen LogP contribution in [0, 0.1) is 0 Å². The Morgan fingerprint density at radius 2 is 1.83 bits per heavy atom. The van der Waals surface area contributed by atoms with E-state index in [1.807, 2.05) is 24.3 Å².